The molecule has 2 nitrogen and oxygen atoms in total. The van der Waals surface area contributed by atoms with Crippen molar-refractivity contribution in [2.24, 2.45) is 0 Å². The quantitative estimate of drug-likeness (QED) is 0.870. The van der Waals surface area contributed by atoms with Crippen LogP contribution in [0, 0.1) is 6.92 Å². The van der Waals surface area contributed by atoms with Crippen LogP contribution in [0.15, 0.2) is 11.4 Å². The topological polar surface area (TPSA) is 21.3 Å². The van der Waals surface area contributed by atoms with Crippen LogP contribution >= 0.6 is 11.3 Å². The molecule has 1 aliphatic heterocycles. The third-order valence-corrected chi connectivity index (χ3v) is 4.34. The van der Waals surface area contributed by atoms with Gasteiger partial charge in [-0.25, -0.2) is 0 Å². The standard InChI is InChI=1S/C13H21NOS/c1-4-14-12(11-6-9-16-10(11)2)13(3)7-5-8-15-13/h6,9,12,14H,4-5,7-8H2,1-3H3. The Morgan fingerprint density at radius 2 is 2.44 bits per heavy atom. The maximum Gasteiger partial charge on any atom is 0.0849 e. The van der Waals surface area contributed by atoms with Crippen molar-refractivity contribution in [3.8, 4) is 0 Å². The van der Waals surface area contributed by atoms with Crippen LogP contribution in [-0.4, -0.2) is 18.8 Å². The molecule has 1 N–H and O–H groups in total. The Bertz CT molecular complexity index is 341. The molecule has 0 spiro atoms. The molecule has 3 heteroatoms. The first-order chi connectivity index (χ1) is 7.67. The van der Waals surface area contributed by atoms with Crippen LogP contribution in [0.1, 0.15) is 43.2 Å². The van der Waals surface area contributed by atoms with E-state index in [1.54, 1.807) is 0 Å². The summed E-state index contributed by atoms with van der Waals surface area (Å²) in [7, 11) is 0. The van der Waals surface area contributed by atoms with Crippen LogP contribution in [0.4, 0.5) is 0 Å². The minimum absolute atomic E-state index is 0.0259. The Balaban J connectivity index is 2.26. The molecule has 2 atom stereocenters. The number of likely N-dealkylation sites (N-methyl/N-ethyl adjacent to an activating group) is 1. The second-order valence-corrected chi connectivity index (χ2v) is 5.81. The normalized spacial score (nSPS) is 27.2. The van der Waals surface area contributed by atoms with E-state index in [2.05, 4.69) is 37.5 Å². The first-order valence-electron chi connectivity index (χ1n) is 6.08. The average Bonchev–Trinajstić information content (AvgIpc) is 2.85. The lowest BCUT2D eigenvalue weighted by molar-refractivity contribution is -0.0121. The molecule has 1 aromatic rings. The third-order valence-electron chi connectivity index (χ3n) is 3.48. The zero-order valence-corrected chi connectivity index (χ0v) is 11.2. The van der Waals surface area contributed by atoms with Gasteiger partial charge >= 0.3 is 0 Å². The Kier molecular flexibility index (Phi) is 3.67. The maximum absolute atomic E-state index is 5.98. The first-order valence-corrected chi connectivity index (χ1v) is 6.96. The highest BCUT2D eigenvalue weighted by Gasteiger charge is 2.39. The molecule has 2 heterocycles. The summed E-state index contributed by atoms with van der Waals surface area (Å²) in [6, 6.07) is 2.58. The van der Waals surface area contributed by atoms with Gasteiger partial charge < -0.3 is 10.1 Å². The predicted octanol–water partition coefficient (Wildman–Crippen LogP) is 3.28. The van der Waals surface area contributed by atoms with Crippen molar-refractivity contribution in [3.05, 3.63) is 21.9 Å². The number of hydrogen-bond donors (Lipinski definition) is 1. The van der Waals surface area contributed by atoms with Crippen molar-refractivity contribution in [1.29, 1.82) is 0 Å². The zero-order valence-electron chi connectivity index (χ0n) is 10.4. The second kappa shape index (κ2) is 4.86. The van der Waals surface area contributed by atoms with Gasteiger partial charge in [0.1, 0.15) is 0 Å². The van der Waals surface area contributed by atoms with Crippen LogP contribution in [-0.2, 0) is 4.74 Å². The van der Waals surface area contributed by atoms with E-state index in [1.165, 1.54) is 16.9 Å². The fourth-order valence-electron chi connectivity index (χ4n) is 2.58. The molecule has 1 aromatic heterocycles. The number of nitrogens with one attached hydrogen (secondary N) is 1. The summed E-state index contributed by atoms with van der Waals surface area (Å²) in [6.45, 7) is 8.49. The number of rotatable bonds is 4. The zero-order chi connectivity index (χ0) is 11.6. The molecule has 2 rings (SSSR count). The Morgan fingerprint density at radius 1 is 1.62 bits per heavy atom. The molecule has 0 saturated carbocycles. The molecule has 1 aliphatic rings. The molecule has 0 bridgehead atoms. The third kappa shape index (κ3) is 2.17. The van der Waals surface area contributed by atoms with Gasteiger partial charge in [-0.3, -0.25) is 0 Å². The molecular formula is C13H21NOS. The van der Waals surface area contributed by atoms with Crippen LogP contribution in [0.5, 0.6) is 0 Å². The van der Waals surface area contributed by atoms with Crippen molar-refractivity contribution in [2.45, 2.75) is 45.3 Å². The maximum atomic E-state index is 5.98. The largest absolute Gasteiger partial charge is 0.373 e. The molecule has 16 heavy (non-hydrogen) atoms. The number of ether oxygens (including phenoxy) is 1. The van der Waals surface area contributed by atoms with E-state index >= 15 is 0 Å². The van der Waals surface area contributed by atoms with Crippen molar-refractivity contribution in [2.75, 3.05) is 13.2 Å². The monoisotopic (exact) mass is 239 g/mol. The van der Waals surface area contributed by atoms with E-state index in [-0.39, 0.29) is 5.60 Å². The molecule has 0 radical (unpaired) electrons. The van der Waals surface area contributed by atoms with Crippen LogP contribution in [0.25, 0.3) is 0 Å². The highest BCUT2D eigenvalue weighted by molar-refractivity contribution is 7.10. The predicted molar refractivity (Wildman–Crippen MR) is 69.1 cm³/mol. The highest BCUT2D eigenvalue weighted by atomic mass is 32.1. The Hall–Kier alpha value is -0.380. The Morgan fingerprint density at radius 3 is 2.94 bits per heavy atom. The molecule has 0 amide bonds. The van der Waals surface area contributed by atoms with Gasteiger partial charge in [0.25, 0.3) is 0 Å². The van der Waals surface area contributed by atoms with Crippen molar-refractivity contribution in [1.82, 2.24) is 5.32 Å². The summed E-state index contributed by atoms with van der Waals surface area (Å²) in [6.07, 6.45) is 2.33. The van der Waals surface area contributed by atoms with Crippen molar-refractivity contribution in [3.63, 3.8) is 0 Å². The first kappa shape index (κ1) is 12.1. The van der Waals surface area contributed by atoms with Gasteiger partial charge in [-0.15, -0.1) is 11.3 Å². The summed E-state index contributed by atoms with van der Waals surface area (Å²) < 4.78 is 5.98. The van der Waals surface area contributed by atoms with Crippen molar-refractivity contribution >= 4 is 11.3 Å². The summed E-state index contributed by atoms with van der Waals surface area (Å²) in [4.78, 5) is 1.41. The lowest BCUT2D eigenvalue weighted by Gasteiger charge is -2.34. The molecule has 2 unspecified atom stereocenters. The highest BCUT2D eigenvalue weighted by Crippen LogP contribution is 2.39. The second-order valence-electron chi connectivity index (χ2n) is 4.69. The van der Waals surface area contributed by atoms with Gasteiger partial charge in [-0.1, -0.05) is 6.92 Å². The summed E-state index contributed by atoms with van der Waals surface area (Å²) >= 11 is 1.82. The van der Waals surface area contributed by atoms with Gasteiger partial charge in [-0.2, -0.15) is 0 Å². The van der Waals surface area contributed by atoms with E-state index in [4.69, 9.17) is 4.74 Å². The van der Waals surface area contributed by atoms with Gasteiger partial charge in [-0.05, 0) is 50.2 Å². The van der Waals surface area contributed by atoms with E-state index in [0.29, 0.717) is 6.04 Å². The fraction of sp³-hybridized carbons (Fsp3) is 0.692. The lowest BCUT2D eigenvalue weighted by atomic mass is 9.88. The fourth-order valence-corrected chi connectivity index (χ4v) is 3.32. The van der Waals surface area contributed by atoms with Crippen LogP contribution in [0.2, 0.25) is 0 Å². The van der Waals surface area contributed by atoms with E-state index in [9.17, 15) is 0 Å². The van der Waals surface area contributed by atoms with Gasteiger partial charge in [0, 0.05) is 11.5 Å². The lowest BCUT2D eigenvalue weighted by Crippen LogP contribution is -2.41. The van der Waals surface area contributed by atoms with Gasteiger partial charge in [0.2, 0.25) is 0 Å². The summed E-state index contributed by atoms with van der Waals surface area (Å²) in [5.41, 5.74) is 1.39. The van der Waals surface area contributed by atoms with Crippen LogP contribution < -0.4 is 5.32 Å². The number of hydrogen-bond acceptors (Lipinski definition) is 3. The molecule has 90 valence electrons. The number of aryl methyl sites for hydroxylation is 1. The molecular weight excluding hydrogens is 218 g/mol. The summed E-state index contributed by atoms with van der Waals surface area (Å²) in [5.74, 6) is 0. The average molecular weight is 239 g/mol. The molecule has 1 saturated heterocycles. The minimum atomic E-state index is -0.0259. The van der Waals surface area contributed by atoms with Gasteiger partial charge in [0.05, 0.1) is 11.6 Å². The van der Waals surface area contributed by atoms with Crippen LogP contribution in [0.3, 0.4) is 0 Å². The smallest absolute Gasteiger partial charge is 0.0849 e. The van der Waals surface area contributed by atoms with E-state index in [0.717, 1.165) is 19.6 Å². The van der Waals surface area contributed by atoms with E-state index < -0.39 is 0 Å². The van der Waals surface area contributed by atoms with E-state index in [1.807, 2.05) is 11.3 Å². The number of thiophene rings is 1. The SMILES string of the molecule is CCNC(c1ccsc1C)C1(C)CCCO1. The van der Waals surface area contributed by atoms with Gasteiger partial charge in [0.15, 0.2) is 0 Å². The Labute approximate surface area is 102 Å². The molecule has 1 fully saturated rings. The van der Waals surface area contributed by atoms with Crippen molar-refractivity contribution < 1.29 is 4.74 Å². The molecule has 0 aromatic carbocycles. The minimum Gasteiger partial charge on any atom is -0.373 e. The molecule has 0 aliphatic carbocycles. The summed E-state index contributed by atoms with van der Waals surface area (Å²) in [5, 5.41) is 5.76.